The molecule has 0 unspecified atom stereocenters. The lowest BCUT2D eigenvalue weighted by atomic mass is 9.71. The molecule has 1 spiro atoms. The van der Waals surface area contributed by atoms with Crippen molar-refractivity contribution >= 4 is 0 Å². The summed E-state index contributed by atoms with van der Waals surface area (Å²) in [5, 5.41) is 0. The van der Waals surface area contributed by atoms with Crippen LogP contribution in [0.2, 0.25) is 0 Å². The van der Waals surface area contributed by atoms with Crippen LogP contribution in [0.4, 0.5) is 0 Å². The van der Waals surface area contributed by atoms with Gasteiger partial charge in [-0.2, -0.15) is 0 Å². The van der Waals surface area contributed by atoms with Crippen LogP contribution in [0.5, 0.6) is 0 Å². The Balaban J connectivity index is 0.00000106. The Morgan fingerprint density at radius 3 is 2.05 bits per heavy atom. The van der Waals surface area contributed by atoms with E-state index in [9.17, 15) is 0 Å². The van der Waals surface area contributed by atoms with E-state index >= 15 is 0 Å². The zero-order valence-electron chi connectivity index (χ0n) is 15.3. The van der Waals surface area contributed by atoms with Gasteiger partial charge in [0.25, 0.3) is 0 Å². The predicted octanol–water partition coefficient (Wildman–Crippen LogP) is 7.23. The second-order valence-corrected chi connectivity index (χ2v) is 7.02. The van der Waals surface area contributed by atoms with Crippen LogP contribution in [-0.2, 0) is 0 Å². The van der Waals surface area contributed by atoms with Crippen LogP contribution in [0.1, 0.15) is 86.5 Å². The van der Waals surface area contributed by atoms with E-state index in [1.807, 2.05) is 13.8 Å². The normalized spacial score (nSPS) is 21.6. The van der Waals surface area contributed by atoms with E-state index in [1.165, 1.54) is 56.1 Å². The Morgan fingerprint density at radius 2 is 1.57 bits per heavy atom. The standard InChI is InChI=1S/C19H30.C2H6/c1-6-15(4)17-12-19(10-8-7-9-11-19)13-18(17)16(5)14(2)3;1-2/h6,14H,5,7-13H2,1-4H3;1-2H3/b15-6-;. The molecule has 2 aliphatic rings. The van der Waals surface area contributed by atoms with Gasteiger partial charge in [0.1, 0.15) is 0 Å². The average molecular weight is 289 g/mol. The third-order valence-corrected chi connectivity index (χ3v) is 5.38. The van der Waals surface area contributed by atoms with Crippen LogP contribution in [0.15, 0.2) is 34.9 Å². The van der Waals surface area contributed by atoms with Gasteiger partial charge in [-0.25, -0.2) is 0 Å². The third kappa shape index (κ3) is 4.11. The molecule has 0 aromatic carbocycles. The maximum absolute atomic E-state index is 4.40. The molecule has 0 heteroatoms. The van der Waals surface area contributed by atoms with Crippen LogP contribution in [-0.4, -0.2) is 0 Å². The van der Waals surface area contributed by atoms with Gasteiger partial charge in [-0.15, -0.1) is 0 Å². The summed E-state index contributed by atoms with van der Waals surface area (Å²) in [6.07, 6.45) is 12.1. The van der Waals surface area contributed by atoms with Crippen LogP contribution >= 0.6 is 0 Å². The van der Waals surface area contributed by atoms with Crippen LogP contribution < -0.4 is 0 Å². The van der Waals surface area contributed by atoms with E-state index in [2.05, 4.69) is 40.3 Å². The molecule has 0 N–H and O–H groups in total. The quantitative estimate of drug-likeness (QED) is 0.513. The molecule has 0 heterocycles. The van der Waals surface area contributed by atoms with Crippen LogP contribution in [0, 0.1) is 11.3 Å². The molecule has 0 atom stereocenters. The molecule has 2 rings (SSSR count). The highest BCUT2D eigenvalue weighted by Crippen LogP contribution is 2.54. The minimum absolute atomic E-state index is 0.577. The lowest BCUT2D eigenvalue weighted by Crippen LogP contribution is -2.21. The van der Waals surface area contributed by atoms with Crippen molar-refractivity contribution < 1.29 is 0 Å². The molecule has 0 radical (unpaired) electrons. The van der Waals surface area contributed by atoms with Gasteiger partial charge >= 0.3 is 0 Å². The number of allylic oxidation sites excluding steroid dienone is 5. The summed E-state index contributed by atoms with van der Waals surface area (Å²) in [6.45, 7) is 17.4. The minimum Gasteiger partial charge on any atom is -0.0953 e. The summed E-state index contributed by atoms with van der Waals surface area (Å²) < 4.78 is 0. The molecule has 0 bridgehead atoms. The lowest BCUT2D eigenvalue weighted by molar-refractivity contribution is 0.202. The van der Waals surface area contributed by atoms with Crippen molar-refractivity contribution in [2.24, 2.45) is 11.3 Å². The Morgan fingerprint density at radius 1 is 1.05 bits per heavy atom. The number of hydrogen-bond donors (Lipinski definition) is 0. The van der Waals surface area contributed by atoms with Gasteiger partial charge in [-0.3, -0.25) is 0 Å². The van der Waals surface area contributed by atoms with Crippen LogP contribution in [0.3, 0.4) is 0 Å². The van der Waals surface area contributed by atoms with Crippen molar-refractivity contribution in [2.45, 2.75) is 86.5 Å². The average Bonchev–Trinajstić information content (AvgIpc) is 2.87. The summed E-state index contributed by atoms with van der Waals surface area (Å²) in [4.78, 5) is 0. The monoisotopic (exact) mass is 288 g/mol. The predicted molar refractivity (Wildman–Crippen MR) is 96.5 cm³/mol. The highest BCUT2D eigenvalue weighted by molar-refractivity contribution is 5.48. The smallest absolute Gasteiger partial charge is 0.0213 e. The van der Waals surface area contributed by atoms with Crippen molar-refractivity contribution in [3.63, 3.8) is 0 Å². The molecule has 2 aliphatic carbocycles. The first-order valence-electron chi connectivity index (χ1n) is 9.03. The first-order chi connectivity index (χ1) is 9.99. The van der Waals surface area contributed by atoms with E-state index < -0.39 is 0 Å². The largest absolute Gasteiger partial charge is 0.0953 e. The summed E-state index contributed by atoms with van der Waals surface area (Å²) >= 11 is 0. The van der Waals surface area contributed by atoms with Crippen molar-refractivity contribution in [2.75, 3.05) is 0 Å². The van der Waals surface area contributed by atoms with E-state index in [0.29, 0.717) is 11.3 Å². The van der Waals surface area contributed by atoms with Gasteiger partial charge < -0.3 is 0 Å². The number of hydrogen-bond acceptors (Lipinski definition) is 0. The second kappa shape index (κ2) is 8.01. The summed E-state index contributed by atoms with van der Waals surface area (Å²) in [7, 11) is 0. The number of rotatable bonds is 3. The molecular weight excluding hydrogens is 252 g/mol. The van der Waals surface area contributed by atoms with Gasteiger partial charge in [-0.1, -0.05) is 65.2 Å². The maximum Gasteiger partial charge on any atom is -0.0213 e. The SMILES string of the molecule is C=C(C1=C(/C(C)=C\C)CC2(CCCCC2)C1)C(C)C.CC. The van der Waals surface area contributed by atoms with E-state index in [1.54, 1.807) is 11.1 Å². The van der Waals surface area contributed by atoms with E-state index in [-0.39, 0.29) is 0 Å². The lowest BCUT2D eigenvalue weighted by Gasteiger charge is -2.34. The highest BCUT2D eigenvalue weighted by Gasteiger charge is 2.40. The van der Waals surface area contributed by atoms with Gasteiger partial charge in [0.05, 0.1) is 0 Å². The minimum atomic E-state index is 0.577. The zero-order valence-corrected chi connectivity index (χ0v) is 15.3. The fourth-order valence-electron chi connectivity index (χ4n) is 3.89. The Kier molecular flexibility index (Phi) is 6.97. The first-order valence-corrected chi connectivity index (χ1v) is 9.03. The Bertz CT molecular complexity index is 411. The van der Waals surface area contributed by atoms with Gasteiger partial charge in [0, 0.05) is 0 Å². The zero-order chi connectivity index (χ0) is 16.0. The summed E-state index contributed by atoms with van der Waals surface area (Å²) in [5.74, 6) is 0.577. The van der Waals surface area contributed by atoms with Crippen molar-refractivity contribution in [3.8, 4) is 0 Å². The molecule has 1 fully saturated rings. The van der Waals surface area contributed by atoms with Crippen molar-refractivity contribution in [1.82, 2.24) is 0 Å². The molecule has 21 heavy (non-hydrogen) atoms. The molecule has 0 nitrogen and oxygen atoms in total. The first kappa shape index (κ1) is 18.3. The van der Waals surface area contributed by atoms with Gasteiger partial charge in [-0.05, 0) is 67.6 Å². The van der Waals surface area contributed by atoms with Crippen molar-refractivity contribution in [3.05, 3.63) is 34.9 Å². The molecule has 0 aromatic heterocycles. The molecule has 0 saturated heterocycles. The fourth-order valence-corrected chi connectivity index (χ4v) is 3.89. The Hall–Kier alpha value is -0.780. The molecule has 120 valence electrons. The molecule has 0 aliphatic heterocycles. The highest BCUT2D eigenvalue weighted by atomic mass is 14.4. The van der Waals surface area contributed by atoms with E-state index in [4.69, 9.17) is 0 Å². The summed E-state index contributed by atoms with van der Waals surface area (Å²) in [6, 6.07) is 0. The Labute approximate surface area is 133 Å². The maximum atomic E-state index is 4.40. The van der Waals surface area contributed by atoms with Crippen molar-refractivity contribution in [1.29, 1.82) is 0 Å². The van der Waals surface area contributed by atoms with Gasteiger partial charge in [0.15, 0.2) is 0 Å². The molecular formula is C21H36. The molecule has 1 saturated carbocycles. The third-order valence-electron chi connectivity index (χ3n) is 5.38. The molecule has 0 aromatic rings. The fraction of sp³-hybridized carbons (Fsp3) is 0.714. The second-order valence-electron chi connectivity index (χ2n) is 7.02. The van der Waals surface area contributed by atoms with Crippen LogP contribution in [0.25, 0.3) is 0 Å². The topological polar surface area (TPSA) is 0 Å². The van der Waals surface area contributed by atoms with Gasteiger partial charge in [0.2, 0.25) is 0 Å². The molecule has 0 amide bonds. The van der Waals surface area contributed by atoms with E-state index in [0.717, 1.165) is 0 Å². The summed E-state index contributed by atoms with van der Waals surface area (Å²) in [5.41, 5.74) is 6.69.